The van der Waals surface area contributed by atoms with E-state index in [1.165, 1.54) is 0 Å². The third-order valence-corrected chi connectivity index (χ3v) is 21.4. The van der Waals surface area contributed by atoms with Crippen LogP contribution < -0.4 is 0 Å². The van der Waals surface area contributed by atoms with E-state index in [1.54, 1.807) is 0 Å². The topological polar surface area (TPSA) is 116 Å². The maximum absolute atomic E-state index is 12.1. The molecule has 51 heavy (non-hydrogen) atoms. The average molecular weight is 766 g/mol. The van der Waals surface area contributed by atoms with Crippen LogP contribution in [0.15, 0.2) is 35.5 Å². The van der Waals surface area contributed by atoms with Gasteiger partial charge in [0.1, 0.15) is 0 Å². The van der Waals surface area contributed by atoms with E-state index in [1.807, 2.05) is 141 Å². The van der Waals surface area contributed by atoms with Gasteiger partial charge in [0, 0.05) is 0 Å². The maximum atomic E-state index is 12.1. The zero-order valence-corrected chi connectivity index (χ0v) is 37.2. The first-order valence-electron chi connectivity index (χ1n) is 18.2. The molecule has 3 atom stereocenters. The van der Waals surface area contributed by atoms with Crippen molar-refractivity contribution in [1.82, 2.24) is 0 Å². The summed E-state index contributed by atoms with van der Waals surface area (Å²) >= 11 is 0. The number of nitrogens with zero attached hydrogens (tertiary/aromatic N) is 3. The Kier molecular flexibility index (Phi) is 9.61. The Morgan fingerprint density at radius 1 is 0.431 bits per heavy atom. The summed E-state index contributed by atoms with van der Waals surface area (Å²) < 4.78 is 41.4. The van der Waals surface area contributed by atoms with Gasteiger partial charge >= 0.3 is 306 Å². The summed E-state index contributed by atoms with van der Waals surface area (Å²) in [5, 5.41) is 0. The van der Waals surface area contributed by atoms with Gasteiger partial charge in [0.15, 0.2) is 0 Å². The molecule has 6 heterocycles. The molecule has 3 fully saturated rings. The van der Waals surface area contributed by atoms with E-state index >= 15 is 0 Å². The van der Waals surface area contributed by atoms with E-state index in [9.17, 15) is 14.4 Å². The number of carbonyl (C=O) groups is 3. The predicted molar refractivity (Wildman–Crippen MR) is 204 cm³/mol. The fraction of sp³-hybridized carbons (Fsp3) is 0.667. The molecule has 0 spiro atoms. The zero-order valence-electron chi connectivity index (χ0n) is 34.2. The van der Waals surface area contributed by atoms with Crippen LogP contribution in [0.2, 0.25) is 39.3 Å². The Morgan fingerprint density at radius 3 is 0.804 bits per heavy atom. The van der Waals surface area contributed by atoms with Gasteiger partial charge in [0.2, 0.25) is 0 Å². The SMILES string of the molecule is CC1=CC(C)=[N+]2[C@@H](C(C)C)C(=O)O[Si-]2(C)(C)O1.CC1=CC(C)=[N+]2[C@@H](C(C)C)C(=O)O[Si-]2(C)(C)O1.CC1=CC(C)=[N+]2[C@@H](C(C)C)C(=O)O[Si-]2(C)(C)O1. The van der Waals surface area contributed by atoms with Crippen molar-refractivity contribution in [3.05, 3.63) is 35.5 Å². The molecule has 0 amide bonds. The Bertz CT molecular complexity index is 1590. The van der Waals surface area contributed by atoms with Crippen LogP contribution >= 0.6 is 0 Å². The predicted octanol–water partition coefficient (Wildman–Crippen LogP) is 6.38. The zero-order chi connectivity index (χ0) is 39.1. The first kappa shape index (κ1) is 40.5. The Morgan fingerprint density at radius 2 is 0.627 bits per heavy atom. The van der Waals surface area contributed by atoms with Crippen LogP contribution in [-0.2, 0) is 40.9 Å². The Labute approximate surface area is 305 Å². The summed E-state index contributed by atoms with van der Waals surface area (Å²) in [6, 6.07) is -0.659. The van der Waals surface area contributed by atoms with Crippen molar-refractivity contribution >= 4 is 59.0 Å². The summed E-state index contributed by atoms with van der Waals surface area (Å²) in [5.41, 5.74) is 3.20. The van der Waals surface area contributed by atoms with E-state index in [0.29, 0.717) is 0 Å². The van der Waals surface area contributed by atoms with Crippen LogP contribution in [0.3, 0.4) is 0 Å². The first-order valence-corrected chi connectivity index (χ1v) is 28.0. The van der Waals surface area contributed by atoms with E-state index in [0.717, 1.165) is 34.4 Å². The number of rotatable bonds is 3. The van der Waals surface area contributed by atoms with Crippen LogP contribution in [0.5, 0.6) is 0 Å². The van der Waals surface area contributed by atoms with Gasteiger partial charge in [-0.2, -0.15) is 0 Å². The molecule has 6 aliphatic heterocycles. The molecule has 6 rings (SSSR count). The van der Waals surface area contributed by atoms with E-state index < -0.39 is 24.0 Å². The fourth-order valence-electron chi connectivity index (χ4n) is 9.31. The summed E-state index contributed by atoms with van der Waals surface area (Å²) in [4.78, 5) is 36.3. The van der Waals surface area contributed by atoms with Crippen molar-refractivity contribution in [2.75, 3.05) is 0 Å². The second-order valence-electron chi connectivity index (χ2n) is 18.0. The van der Waals surface area contributed by atoms with Gasteiger partial charge in [-0.15, -0.1) is 0 Å². The van der Waals surface area contributed by atoms with Gasteiger partial charge in [-0.05, 0) is 0 Å². The summed E-state index contributed by atoms with van der Waals surface area (Å²) in [6.45, 7) is 35.8. The summed E-state index contributed by atoms with van der Waals surface area (Å²) in [7, 11) is -9.88. The number of hydrogen-bond donors (Lipinski definition) is 0. The second-order valence-corrected chi connectivity index (χ2v) is 32.9. The number of allylic oxidation sites excluding steroid dienone is 6. The van der Waals surface area contributed by atoms with Gasteiger partial charge in [0.25, 0.3) is 0 Å². The standard InChI is InChI=1S/3C12H21NO3Si/c3*1-8(2)11-12(14)16-17(5,6)13(11)9(3)7-10(4)15-17/h3*7-8,11H,1-6H3/t3*11-/m000/s1. The normalized spacial score (nSPS) is 32.2. The fourth-order valence-corrected chi connectivity index (χ4v) is 21.8. The van der Waals surface area contributed by atoms with Crippen LogP contribution in [0.4, 0.5) is 0 Å². The molecule has 0 radical (unpaired) electrons. The van der Waals surface area contributed by atoms with E-state index in [-0.39, 0.29) is 53.8 Å². The molecule has 0 aliphatic carbocycles. The Balaban J connectivity index is 0.000000172. The van der Waals surface area contributed by atoms with Crippen LogP contribution in [0.25, 0.3) is 0 Å². The molecule has 0 unspecified atom stereocenters. The Hall–Kier alpha value is -3.31. The van der Waals surface area contributed by atoms with Gasteiger partial charge in [0.05, 0.1) is 0 Å². The van der Waals surface area contributed by atoms with E-state index in [2.05, 4.69) is 12.7 Å². The van der Waals surface area contributed by atoms with Crippen molar-refractivity contribution < 1.29 is 53.7 Å². The van der Waals surface area contributed by atoms with Crippen molar-refractivity contribution in [2.45, 2.75) is 140 Å². The van der Waals surface area contributed by atoms with Crippen molar-refractivity contribution in [1.29, 1.82) is 0 Å². The van der Waals surface area contributed by atoms with Crippen molar-refractivity contribution in [3.63, 3.8) is 0 Å². The first-order chi connectivity index (χ1) is 22.9. The minimum atomic E-state index is -3.29. The molecule has 0 aromatic rings. The van der Waals surface area contributed by atoms with Crippen LogP contribution in [-0.4, -0.2) is 89.9 Å². The number of hydrogen-bond acceptors (Lipinski definition) is 9. The number of fused-ring (bicyclic) bond motifs is 3. The molecular weight excluding hydrogens is 703 g/mol. The second kappa shape index (κ2) is 12.1. The quantitative estimate of drug-likeness (QED) is 0.302. The average Bonchev–Trinajstić information content (AvgIpc) is 3.38. The minimum absolute atomic E-state index is 0.152. The molecular formula is C36H63N3O9Si3. The van der Waals surface area contributed by atoms with Crippen LogP contribution in [0, 0.1) is 17.8 Å². The molecule has 15 heteroatoms. The molecule has 6 aliphatic rings. The monoisotopic (exact) mass is 765 g/mol. The van der Waals surface area contributed by atoms with Gasteiger partial charge < -0.3 is 0 Å². The third kappa shape index (κ3) is 6.85. The van der Waals surface area contributed by atoms with Crippen LogP contribution in [0.1, 0.15) is 83.1 Å². The molecule has 0 bridgehead atoms. The number of carbonyl (C=O) groups excluding carboxylic acids is 3. The van der Waals surface area contributed by atoms with Gasteiger partial charge in [-0.3, -0.25) is 0 Å². The third-order valence-electron chi connectivity index (χ3n) is 10.4. The molecule has 12 nitrogen and oxygen atoms in total. The van der Waals surface area contributed by atoms with Gasteiger partial charge in [-0.25, -0.2) is 0 Å². The molecule has 0 aromatic heterocycles. The molecule has 0 saturated carbocycles. The van der Waals surface area contributed by atoms with Crippen molar-refractivity contribution in [2.24, 2.45) is 17.8 Å². The van der Waals surface area contributed by atoms with E-state index in [4.69, 9.17) is 26.6 Å². The summed E-state index contributed by atoms with van der Waals surface area (Å²) in [6.07, 6.45) is 5.92. The van der Waals surface area contributed by atoms with Crippen molar-refractivity contribution in [3.8, 4) is 0 Å². The molecule has 3 saturated heterocycles. The molecule has 288 valence electrons. The summed E-state index contributed by atoms with van der Waals surface area (Å²) in [5.74, 6) is 2.66. The van der Waals surface area contributed by atoms with Gasteiger partial charge in [-0.1, -0.05) is 0 Å². The molecule has 0 N–H and O–H groups in total. The molecule has 0 aromatic carbocycles.